The van der Waals surface area contributed by atoms with Gasteiger partial charge in [0.15, 0.2) is 0 Å². The number of hydrogen-bond acceptors (Lipinski definition) is 5. The fourth-order valence-corrected chi connectivity index (χ4v) is 3.28. The highest BCUT2D eigenvalue weighted by Gasteiger charge is 2.40. The van der Waals surface area contributed by atoms with Gasteiger partial charge in [0.1, 0.15) is 11.8 Å². The molecule has 1 fully saturated rings. The van der Waals surface area contributed by atoms with E-state index < -0.39 is 0 Å². The summed E-state index contributed by atoms with van der Waals surface area (Å²) in [7, 11) is 3.51. The second-order valence-electron chi connectivity index (χ2n) is 7.27. The van der Waals surface area contributed by atoms with Gasteiger partial charge in [-0.1, -0.05) is 13.8 Å². The van der Waals surface area contributed by atoms with Crippen molar-refractivity contribution in [3.05, 3.63) is 23.8 Å². The van der Waals surface area contributed by atoms with Crippen LogP contribution in [-0.4, -0.2) is 54.3 Å². The fourth-order valence-electron chi connectivity index (χ4n) is 3.28. The van der Waals surface area contributed by atoms with Crippen molar-refractivity contribution >= 4 is 23.5 Å². The third kappa shape index (κ3) is 3.66. The number of amides is 2. The van der Waals surface area contributed by atoms with Crippen LogP contribution >= 0.6 is 0 Å². The molecule has 1 aromatic rings. The molecule has 1 N–H and O–H groups in total. The van der Waals surface area contributed by atoms with Crippen LogP contribution < -0.4 is 10.1 Å². The summed E-state index contributed by atoms with van der Waals surface area (Å²) >= 11 is 0. The lowest BCUT2D eigenvalue weighted by molar-refractivity contribution is -0.129. The number of hydrogen-bond donors (Lipinski definition) is 1. The van der Waals surface area contributed by atoms with Crippen LogP contribution in [0.4, 0.5) is 5.69 Å². The lowest BCUT2D eigenvalue weighted by Gasteiger charge is -2.29. The van der Waals surface area contributed by atoms with Crippen molar-refractivity contribution in [3.8, 4) is 5.75 Å². The molecule has 0 aliphatic carbocycles. The molecule has 7 heteroatoms. The maximum absolute atomic E-state index is 12.2. The molecule has 1 unspecified atom stereocenters. The summed E-state index contributed by atoms with van der Waals surface area (Å²) in [6, 6.07) is 5.57. The molecule has 3 rings (SSSR count). The molecule has 1 saturated heterocycles. The summed E-state index contributed by atoms with van der Waals surface area (Å²) < 4.78 is 5.79. The zero-order chi connectivity index (χ0) is 18.8. The van der Waals surface area contributed by atoms with Gasteiger partial charge < -0.3 is 14.5 Å². The maximum atomic E-state index is 12.2. The summed E-state index contributed by atoms with van der Waals surface area (Å²) in [6.45, 7) is 5.20. The average Bonchev–Trinajstić information content (AvgIpc) is 2.90. The van der Waals surface area contributed by atoms with Crippen LogP contribution in [0.25, 0.3) is 0 Å². The van der Waals surface area contributed by atoms with E-state index in [1.807, 2.05) is 36.9 Å². The summed E-state index contributed by atoms with van der Waals surface area (Å²) in [4.78, 5) is 32.0. The van der Waals surface area contributed by atoms with Crippen molar-refractivity contribution in [2.45, 2.75) is 39.3 Å². The lowest BCUT2D eigenvalue weighted by Crippen LogP contribution is -2.39. The van der Waals surface area contributed by atoms with E-state index in [1.165, 1.54) is 0 Å². The minimum absolute atomic E-state index is 0.00795. The Balaban J connectivity index is 1.64. The second-order valence-corrected chi connectivity index (χ2v) is 7.27. The van der Waals surface area contributed by atoms with Crippen molar-refractivity contribution in [2.75, 3.05) is 20.7 Å². The van der Waals surface area contributed by atoms with Gasteiger partial charge in [-0.15, -0.1) is 0 Å². The van der Waals surface area contributed by atoms with Crippen LogP contribution in [0.3, 0.4) is 0 Å². The Bertz CT molecular complexity index is 742. The molecule has 1 aromatic carbocycles. The summed E-state index contributed by atoms with van der Waals surface area (Å²) in [5, 5.41) is 2.87. The van der Waals surface area contributed by atoms with E-state index in [4.69, 9.17) is 4.74 Å². The largest absolute Gasteiger partial charge is 0.494 e. The number of rotatable bonds is 6. The van der Waals surface area contributed by atoms with E-state index in [9.17, 15) is 9.59 Å². The third-order valence-electron chi connectivity index (χ3n) is 4.66. The highest BCUT2D eigenvalue weighted by atomic mass is 16.5. The van der Waals surface area contributed by atoms with Crippen molar-refractivity contribution in [2.24, 2.45) is 10.9 Å². The first-order valence-corrected chi connectivity index (χ1v) is 8.99. The molecule has 2 heterocycles. The van der Waals surface area contributed by atoms with Gasteiger partial charge in [0, 0.05) is 32.6 Å². The second kappa shape index (κ2) is 7.35. The predicted molar refractivity (Wildman–Crippen MR) is 99.3 cm³/mol. The SMILES string of the molecule is CC(C)C1C(=O)NC2=Nc3ccc(OCCCC(=O)N(C)C)cc3CN21. The van der Waals surface area contributed by atoms with Crippen LogP contribution in [0.15, 0.2) is 23.2 Å². The van der Waals surface area contributed by atoms with E-state index in [-0.39, 0.29) is 23.8 Å². The van der Waals surface area contributed by atoms with Gasteiger partial charge in [0.05, 0.1) is 12.3 Å². The fraction of sp³-hybridized carbons (Fsp3) is 0.526. The smallest absolute Gasteiger partial charge is 0.249 e. The minimum Gasteiger partial charge on any atom is -0.494 e. The topological polar surface area (TPSA) is 74.2 Å². The third-order valence-corrected chi connectivity index (χ3v) is 4.66. The first kappa shape index (κ1) is 18.2. The summed E-state index contributed by atoms with van der Waals surface area (Å²) in [5.74, 6) is 1.72. The first-order chi connectivity index (χ1) is 12.4. The minimum atomic E-state index is -0.191. The molecule has 2 aliphatic heterocycles. The average molecular weight is 358 g/mol. The Hall–Kier alpha value is -2.57. The van der Waals surface area contributed by atoms with Crippen molar-refractivity contribution in [3.63, 3.8) is 0 Å². The van der Waals surface area contributed by atoms with Crippen molar-refractivity contribution in [1.29, 1.82) is 0 Å². The van der Waals surface area contributed by atoms with Crippen molar-refractivity contribution in [1.82, 2.24) is 15.1 Å². The molecule has 26 heavy (non-hydrogen) atoms. The number of ether oxygens (including phenoxy) is 1. The van der Waals surface area contributed by atoms with Gasteiger partial charge >= 0.3 is 0 Å². The standard InChI is InChI=1S/C19H26N4O3/c1-12(2)17-18(25)21-19-20-15-8-7-14(10-13(15)11-23(17)19)26-9-5-6-16(24)22(3)4/h7-8,10,12,17H,5-6,9,11H2,1-4H3,(H,20,21,25). The Labute approximate surface area is 154 Å². The van der Waals surface area contributed by atoms with Crippen LogP contribution in [0.2, 0.25) is 0 Å². The first-order valence-electron chi connectivity index (χ1n) is 8.99. The van der Waals surface area contributed by atoms with Crippen LogP contribution in [-0.2, 0) is 16.1 Å². The molecule has 0 bridgehead atoms. The molecular weight excluding hydrogens is 332 g/mol. The number of carbonyl (C=O) groups excluding carboxylic acids is 2. The molecule has 1 atom stereocenters. The lowest BCUT2D eigenvalue weighted by atomic mass is 10.0. The quantitative estimate of drug-likeness (QED) is 0.788. The highest BCUT2D eigenvalue weighted by molar-refractivity contribution is 6.07. The number of carbonyl (C=O) groups is 2. The van der Waals surface area contributed by atoms with Gasteiger partial charge in [0.2, 0.25) is 17.8 Å². The van der Waals surface area contributed by atoms with Crippen LogP contribution in [0.1, 0.15) is 32.3 Å². The Morgan fingerprint density at radius 1 is 1.42 bits per heavy atom. The number of benzene rings is 1. The Morgan fingerprint density at radius 2 is 2.19 bits per heavy atom. The summed E-state index contributed by atoms with van der Waals surface area (Å²) in [6.07, 6.45) is 1.15. The highest BCUT2D eigenvalue weighted by Crippen LogP contribution is 2.33. The summed E-state index contributed by atoms with van der Waals surface area (Å²) in [5.41, 5.74) is 1.90. The molecule has 2 amide bonds. The monoisotopic (exact) mass is 358 g/mol. The molecular formula is C19H26N4O3. The molecule has 2 aliphatic rings. The van der Waals surface area contributed by atoms with Gasteiger partial charge in [-0.3, -0.25) is 14.9 Å². The van der Waals surface area contributed by atoms with E-state index >= 15 is 0 Å². The number of guanidine groups is 1. The number of aliphatic imine (C=N–C) groups is 1. The number of nitrogens with zero attached hydrogens (tertiary/aromatic N) is 3. The number of fused-ring (bicyclic) bond motifs is 2. The molecule has 0 radical (unpaired) electrons. The molecule has 7 nitrogen and oxygen atoms in total. The van der Waals surface area contributed by atoms with E-state index in [1.54, 1.807) is 19.0 Å². The number of nitrogens with one attached hydrogen (secondary N) is 1. The molecule has 0 saturated carbocycles. The van der Waals surface area contributed by atoms with Crippen molar-refractivity contribution < 1.29 is 14.3 Å². The maximum Gasteiger partial charge on any atom is 0.249 e. The van der Waals surface area contributed by atoms with Gasteiger partial charge in [0.25, 0.3) is 0 Å². The Kier molecular flexibility index (Phi) is 5.15. The predicted octanol–water partition coefficient (Wildman–Crippen LogP) is 1.89. The van der Waals surface area contributed by atoms with Crippen LogP contribution in [0.5, 0.6) is 5.75 Å². The molecule has 140 valence electrons. The van der Waals surface area contributed by atoms with Crippen LogP contribution in [0, 0.1) is 5.92 Å². The van der Waals surface area contributed by atoms with E-state index in [0.717, 1.165) is 17.0 Å². The normalized spacial score (nSPS) is 18.2. The molecule has 0 aromatic heterocycles. The van der Waals surface area contributed by atoms with Gasteiger partial charge in [-0.05, 0) is 30.5 Å². The van der Waals surface area contributed by atoms with Gasteiger partial charge in [-0.2, -0.15) is 0 Å². The van der Waals surface area contributed by atoms with E-state index in [2.05, 4.69) is 10.3 Å². The Morgan fingerprint density at radius 3 is 2.88 bits per heavy atom. The molecule has 0 spiro atoms. The zero-order valence-electron chi connectivity index (χ0n) is 15.8. The zero-order valence-corrected chi connectivity index (χ0v) is 15.8. The van der Waals surface area contributed by atoms with Gasteiger partial charge in [-0.25, -0.2) is 4.99 Å². The van der Waals surface area contributed by atoms with E-state index in [0.29, 0.717) is 32.0 Å².